The summed E-state index contributed by atoms with van der Waals surface area (Å²) in [4.78, 5) is 37.6. The number of carboxylic acid groups (broad SMARTS) is 1. The molecular weight excluding hydrogens is 380 g/mol. The van der Waals surface area contributed by atoms with Gasteiger partial charge < -0.3 is 19.6 Å². The summed E-state index contributed by atoms with van der Waals surface area (Å²) < 4.78 is 5.55. The molecule has 1 N–H and O–H groups in total. The van der Waals surface area contributed by atoms with Gasteiger partial charge in [-0.2, -0.15) is 0 Å². The zero-order valence-electron chi connectivity index (χ0n) is 14.8. The number of piperidine rings is 1. The maximum atomic E-state index is 12.5. The number of esters is 1. The second-order valence-electron chi connectivity index (χ2n) is 6.77. The monoisotopic (exact) mass is 402 g/mol. The third-order valence-electron chi connectivity index (χ3n) is 4.71. The van der Waals surface area contributed by atoms with Crippen LogP contribution < -0.4 is 0 Å². The zero-order chi connectivity index (χ0) is 19.3. The Morgan fingerprint density at radius 2 is 2.12 bits per heavy atom. The van der Waals surface area contributed by atoms with Crippen molar-refractivity contribution < 1.29 is 24.2 Å². The number of hydrogen-bond donors (Lipinski definition) is 1. The molecule has 0 saturated carbocycles. The molecule has 9 heteroatoms. The zero-order valence-corrected chi connectivity index (χ0v) is 16.4. The van der Waals surface area contributed by atoms with E-state index in [9.17, 15) is 9.59 Å². The number of halogens is 1. The molecule has 2 aliphatic heterocycles. The fraction of sp³-hybridized carbons (Fsp3) is 0.588. The van der Waals surface area contributed by atoms with E-state index < -0.39 is 5.41 Å². The van der Waals surface area contributed by atoms with E-state index in [1.54, 1.807) is 11.0 Å². The van der Waals surface area contributed by atoms with Gasteiger partial charge in [0.1, 0.15) is 11.0 Å². The summed E-state index contributed by atoms with van der Waals surface area (Å²) in [6.45, 7) is 1.66. The Labute approximate surface area is 161 Å². The van der Waals surface area contributed by atoms with Crippen molar-refractivity contribution in [1.82, 2.24) is 9.80 Å². The molecule has 2 aliphatic rings. The number of hydrogen-bond acceptors (Lipinski definition) is 6. The Balaban J connectivity index is 0.000000758. The highest BCUT2D eigenvalue weighted by molar-refractivity contribution is 7.12. The third-order valence-corrected chi connectivity index (χ3v) is 6.04. The minimum absolute atomic E-state index is 0.0314. The lowest BCUT2D eigenvalue weighted by atomic mass is 9.76. The van der Waals surface area contributed by atoms with Crippen molar-refractivity contribution in [2.75, 3.05) is 33.7 Å². The molecule has 0 aliphatic carbocycles. The van der Waals surface area contributed by atoms with Crippen molar-refractivity contribution >= 4 is 41.3 Å². The van der Waals surface area contributed by atoms with Gasteiger partial charge in [0.25, 0.3) is 12.4 Å². The minimum Gasteiger partial charge on any atom is -0.483 e. The molecule has 2 saturated heterocycles. The first-order valence-corrected chi connectivity index (χ1v) is 9.54. The first-order valence-electron chi connectivity index (χ1n) is 8.29. The number of likely N-dealkylation sites (tertiary alicyclic amines) is 1. The lowest BCUT2D eigenvalue weighted by Gasteiger charge is -2.36. The van der Waals surface area contributed by atoms with Crippen LogP contribution in [0.15, 0.2) is 11.4 Å². The quantitative estimate of drug-likeness (QED) is 0.616. The highest BCUT2D eigenvalue weighted by Crippen LogP contribution is 2.43. The van der Waals surface area contributed by atoms with Gasteiger partial charge in [0.2, 0.25) is 0 Å². The summed E-state index contributed by atoms with van der Waals surface area (Å²) in [5.41, 5.74) is -0.406. The fourth-order valence-corrected chi connectivity index (χ4v) is 4.59. The Kier molecular flexibility index (Phi) is 7.02. The van der Waals surface area contributed by atoms with Crippen LogP contribution in [0.4, 0.5) is 0 Å². The maximum Gasteiger partial charge on any atom is 0.312 e. The average molecular weight is 403 g/mol. The fourth-order valence-electron chi connectivity index (χ4n) is 3.48. The van der Waals surface area contributed by atoms with Crippen molar-refractivity contribution in [1.29, 1.82) is 0 Å². The maximum absolute atomic E-state index is 12.5. The number of ether oxygens (including phenoxy) is 1. The van der Waals surface area contributed by atoms with Crippen LogP contribution in [0, 0.1) is 5.41 Å². The number of carbonyl (C=O) groups excluding carboxylic acids is 2. The second-order valence-corrected chi connectivity index (χ2v) is 8.09. The molecule has 1 amide bonds. The lowest BCUT2D eigenvalue weighted by molar-refractivity contribution is -0.150. The van der Waals surface area contributed by atoms with E-state index in [0.29, 0.717) is 35.8 Å². The number of rotatable bonds is 3. The van der Waals surface area contributed by atoms with Crippen molar-refractivity contribution in [3.8, 4) is 0 Å². The Morgan fingerprint density at radius 3 is 2.62 bits per heavy atom. The van der Waals surface area contributed by atoms with Gasteiger partial charge in [-0.15, -0.1) is 11.3 Å². The first kappa shape index (κ1) is 20.7. The summed E-state index contributed by atoms with van der Waals surface area (Å²) >= 11 is 7.41. The van der Waals surface area contributed by atoms with E-state index in [4.69, 9.17) is 26.2 Å². The number of likely N-dealkylation sites (N-methyl/N-ethyl adjacent to an activating group) is 1. The van der Waals surface area contributed by atoms with E-state index in [1.165, 1.54) is 11.3 Å². The number of amides is 1. The van der Waals surface area contributed by atoms with E-state index in [2.05, 4.69) is 0 Å². The van der Waals surface area contributed by atoms with E-state index in [0.717, 1.165) is 13.0 Å². The molecule has 1 spiro atoms. The van der Waals surface area contributed by atoms with Gasteiger partial charge in [-0.05, 0) is 38.4 Å². The SMILES string of the molecule is CN(C)CC1CC2(CCN(C(=O)c3sccc3Cl)CC2)C(=O)O1.O=CO. The van der Waals surface area contributed by atoms with Gasteiger partial charge in [0.15, 0.2) is 0 Å². The highest BCUT2D eigenvalue weighted by Gasteiger charge is 2.50. The first-order chi connectivity index (χ1) is 12.3. The van der Waals surface area contributed by atoms with Crippen LogP contribution in [0.5, 0.6) is 0 Å². The molecule has 1 unspecified atom stereocenters. The van der Waals surface area contributed by atoms with E-state index in [1.807, 2.05) is 24.4 Å². The minimum atomic E-state index is -0.406. The molecule has 0 radical (unpaired) electrons. The largest absolute Gasteiger partial charge is 0.483 e. The molecule has 144 valence electrons. The van der Waals surface area contributed by atoms with Crippen LogP contribution >= 0.6 is 22.9 Å². The summed E-state index contributed by atoms with van der Waals surface area (Å²) in [7, 11) is 3.95. The van der Waals surface area contributed by atoms with Crippen LogP contribution in [-0.2, 0) is 14.3 Å². The number of carbonyl (C=O) groups is 3. The van der Waals surface area contributed by atoms with Crippen LogP contribution in [0.25, 0.3) is 0 Å². The molecule has 7 nitrogen and oxygen atoms in total. The van der Waals surface area contributed by atoms with Gasteiger partial charge >= 0.3 is 5.97 Å². The Bertz CT molecular complexity index is 655. The summed E-state index contributed by atoms with van der Waals surface area (Å²) in [5, 5.41) is 9.22. The predicted molar refractivity (Wildman–Crippen MR) is 98.6 cm³/mol. The third kappa shape index (κ3) is 4.55. The van der Waals surface area contributed by atoms with Gasteiger partial charge in [0, 0.05) is 26.1 Å². The number of cyclic esters (lactones) is 1. The van der Waals surface area contributed by atoms with Crippen LogP contribution in [0.1, 0.15) is 28.9 Å². The standard InChI is InChI=1S/C16H21ClN2O3S.CH2O2/c1-18(2)10-11-9-16(15(21)22-11)4-6-19(7-5-16)14(20)13-12(17)3-8-23-13;2-1-3/h3,8,11H,4-7,9-10H2,1-2H3;1H,(H,2,3). The summed E-state index contributed by atoms with van der Waals surface area (Å²) in [5.74, 6) is -0.123. The van der Waals surface area contributed by atoms with E-state index in [-0.39, 0.29) is 24.5 Å². The molecule has 2 fully saturated rings. The van der Waals surface area contributed by atoms with Crippen molar-refractivity contribution in [3.05, 3.63) is 21.3 Å². The molecule has 0 aromatic carbocycles. The molecular formula is C17H23ClN2O5S. The van der Waals surface area contributed by atoms with Crippen molar-refractivity contribution in [2.45, 2.75) is 25.4 Å². The molecule has 1 atom stereocenters. The predicted octanol–water partition coefficient (Wildman–Crippen LogP) is 2.20. The highest BCUT2D eigenvalue weighted by atomic mass is 35.5. The van der Waals surface area contributed by atoms with Crippen LogP contribution in [0.3, 0.4) is 0 Å². The van der Waals surface area contributed by atoms with Crippen molar-refractivity contribution in [2.24, 2.45) is 5.41 Å². The molecule has 1 aromatic heterocycles. The summed E-state index contributed by atoms with van der Waals surface area (Å²) in [6.07, 6.45) is 2.06. The number of thiophene rings is 1. The second kappa shape index (κ2) is 8.83. The smallest absolute Gasteiger partial charge is 0.312 e. The van der Waals surface area contributed by atoms with Crippen LogP contribution in [0.2, 0.25) is 5.02 Å². The van der Waals surface area contributed by atoms with Crippen molar-refractivity contribution in [3.63, 3.8) is 0 Å². The molecule has 0 bridgehead atoms. The molecule has 3 rings (SSSR count). The normalized spacial score (nSPS) is 21.3. The van der Waals surface area contributed by atoms with E-state index >= 15 is 0 Å². The average Bonchev–Trinajstić information content (AvgIpc) is 3.12. The van der Waals surface area contributed by atoms with Gasteiger partial charge in [-0.3, -0.25) is 14.4 Å². The topological polar surface area (TPSA) is 87.2 Å². The molecule has 26 heavy (non-hydrogen) atoms. The number of nitrogens with zero attached hydrogens (tertiary/aromatic N) is 2. The summed E-state index contributed by atoms with van der Waals surface area (Å²) in [6, 6.07) is 1.74. The van der Waals surface area contributed by atoms with Gasteiger partial charge in [-0.25, -0.2) is 0 Å². The lowest BCUT2D eigenvalue weighted by Crippen LogP contribution is -2.45. The Morgan fingerprint density at radius 1 is 1.50 bits per heavy atom. The van der Waals surface area contributed by atoms with Gasteiger partial charge in [0.05, 0.1) is 10.4 Å². The molecule has 1 aromatic rings. The van der Waals surface area contributed by atoms with Crippen LogP contribution in [-0.4, -0.2) is 73.1 Å². The Hall–Kier alpha value is -1.64. The van der Waals surface area contributed by atoms with Gasteiger partial charge in [-0.1, -0.05) is 11.6 Å². The molecule has 3 heterocycles.